The van der Waals surface area contributed by atoms with Gasteiger partial charge in [0.2, 0.25) is 0 Å². The number of aliphatic hydroxyl groups is 1. The second-order valence-electron chi connectivity index (χ2n) is 8.19. The van der Waals surface area contributed by atoms with E-state index in [9.17, 15) is 5.11 Å². The van der Waals surface area contributed by atoms with Crippen molar-refractivity contribution in [2.75, 3.05) is 11.9 Å². The van der Waals surface area contributed by atoms with E-state index < -0.39 is 5.60 Å². The number of anilines is 1. The second-order valence-corrected chi connectivity index (χ2v) is 8.19. The van der Waals surface area contributed by atoms with Gasteiger partial charge in [0.15, 0.2) is 5.65 Å². The van der Waals surface area contributed by atoms with Crippen molar-refractivity contribution in [3.05, 3.63) is 12.0 Å². The van der Waals surface area contributed by atoms with Crippen LogP contribution < -0.4 is 5.32 Å². The Balaban J connectivity index is 1.69. The molecule has 1 saturated carbocycles. The summed E-state index contributed by atoms with van der Waals surface area (Å²) in [6, 6.07) is 0. The maximum atomic E-state index is 10.9. The molecule has 0 bridgehead atoms. The van der Waals surface area contributed by atoms with Gasteiger partial charge in [-0.25, -0.2) is 9.97 Å². The number of aromatic nitrogens is 4. The van der Waals surface area contributed by atoms with Crippen molar-refractivity contribution in [1.29, 1.82) is 0 Å². The summed E-state index contributed by atoms with van der Waals surface area (Å²) in [5.41, 5.74) is 1.36. The van der Waals surface area contributed by atoms with E-state index in [0.717, 1.165) is 49.0 Å². The van der Waals surface area contributed by atoms with E-state index in [0.29, 0.717) is 23.5 Å². The van der Waals surface area contributed by atoms with Gasteiger partial charge in [0, 0.05) is 12.2 Å². The Morgan fingerprint density at radius 1 is 1.29 bits per heavy atom. The topological polar surface area (TPSA) is 86.7 Å². The number of nitrogens with zero attached hydrogens (tertiary/aromatic N) is 3. The predicted octanol–water partition coefficient (Wildman–Crippen LogP) is 3.29. The summed E-state index contributed by atoms with van der Waals surface area (Å²) >= 11 is 0. The van der Waals surface area contributed by atoms with Gasteiger partial charge in [-0.15, -0.1) is 0 Å². The molecule has 0 aliphatic heterocycles. The van der Waals surface area contributed by atoms with Crippen LogP contribution in [0.15, 0.2) is 6.33 Å². The zero-order valence-electron chi connectivity index (χ0n) is 15.2. The normalized spacial score (nSPS) is 25.1. The summed E-state index contributed by atoms with van der Waals surface area (Å²) in [4.78, 5) is 8.57. The van der Waals surface area contributed by atoms with Gasteiger partial charge in [-0.3, -0.25) is 5.10 Å². The Bertz CT molecular complexity index is 695. The molecule has 0 aromatic carbocycles. The van der Waals surface area contributed by atoms with Crippen LogP contribution in [0.5, 0.6) is 0 Å². The van der Waals surface area contributed by atoms with Gasteiger partial charge >= 0.3 is 0 Å². The molecule has 0 saturated heterocycles. The van der Waals surface area contributed by atoms with E-state index in [1.165, 1.54) is 6.33 Å². The van der Waals surface area contributed by atoms with Gasteiger partial charge in [-0.2, -0.15) is 5.10 Å². The largest absolute Gasteiger partial charge is 0.388 e. The Morgan fingerprint density at radius 2 is 2.00 bits per heavy atom. The molecule has 3 rings (SSSR count). The van der Waals surface area contributed by atoms with Crippen LogP contribution in [0.3, 0.4) is 0 Å². The summed E-state index contributed by atoms with van der Waals surface area (Å²) < 4.78 is 0. The van der Waals surface area contributed by atoms with Gasteiger partial charge in [-0.1, -0.05) is 27.7 Å². The highest BCUT2D eigenvalue weighted by Gasteiger charge is 2.37. The Labute approximate surface area is 143 Å². The summed E-state index contributed by atoms with van der Waals surface area (Å²) in [5.74, 6) is 1.45. The van der Waals surface area contributed by atoms with Crippen LogP contribution in [0.1, 0.15) is 59.1 Å². The smallest absolute Gasteiger partial charge is 0.186 e. The quantitative estimate of drug-likeness (QED) is 0.800. The first-order valence-corrected chi connectivity index (χ1v) is 8.96. The minimum atomic E-state index is -0.658. The van der Waals surface area contributed by atoms with Crippen LogP contribution >= 0.6 is 0 Å². The SMILES string of the molecule is CCc1[nH]nc2ncnc(NCC3(O)CCC(C(C)(C)C)CC3)c12. The third-order valence-electron chi connectivity index (χ3n) is 5.51. The summed E-state index contributed by atoms with van der Waals surface area (Å²) in [6.45, 7) is 9.48. The van der Waals surface area contributed by atoms with Crippen LogP contribution in [0.25, 0.3) is 11.0 Å². The lowest BCUT2D eigenvalue weighted by atomic mass is 9.68. The maximum Gasteiger partial charge on any atom is 0.186 e. The fourth-order valence-electron chi connectivity index (χ4n) is 3.75. The molecule has 0 unspecified atom stereocenters. The van der Waals surface area contributed by atoms with Crippen LogP contribution in [0.4, 0.5) is 5.82 Å². The zero-order valence-corrected chi connectivity index (χ0v) is 15.2. The lowest BCUT2D eigenvalue weighted by Gasteiger charge is -2.41. The average Bonchev–Trinajstić information content (AvgIpc) is 2.96. The molecule has 6 heteroatoms. The van der Waals surface area contributed by atoms with Crippen LogP contribution in [-0.2, 0) is 6.42 Å². The van der Waals surface area contributed by atoms with Crippen molar-refractivity contribution in [2.45, 2.75) is 65.4 Å². The van der Waals surface area contributed by atoms with Crippen molar-refractivity contribution in [3.63, 3.8) is 0 Å². The van der Waals surface area contributed by atoms with Gasteiger partial charge in [0.1, 0.15) is 12.1 Å². The lowest BCUT2D eigenvalue weighted by molar-refractivity contribution is -0.0143. The molecule has 0 atom stereocenters. The van der Waals surface area contributed by atoms with E-state index in [-0.39, 0.29) is 0 Å². The number of aromatic amines is 1. The highest BCUT2D eigenvalue weighted by molar-refractivity contribution is 5.88. The molecule has 0 amide bonds. The highest BCUT2D eigenvalue weighted by Crippen LogP contribution is 2.41. The van der Waals surface area contributed by atoms with Crippen molar-refractivity contribution in [2.24, 2.45) is 11.3 Å². The van der Waals surface area contributed by atoms with Crippen molar-refractivity contribution >= 4 is 16.9 Å². The first kappa shape index (κ1) is 17.1. The number of aryl methyl sites for hydroxylation is 1. The summed E-state index contributed by atoms with van der Waals surface area (Å²) in [7, 11) is 0. The molecule has 6 nitrogen and oxygen atoms in total. The third kappa shape index (κ3) is 3.38. The van der Waals surface area contributed by atoms with Gasteiger partial charge < -0.3 is 10.4 Å². The Hall–Kier alpha value is -1.69. The number of fused-ring (bicyclic) bond motifs is 1. The molecule has 0 spiro atoms. The molecule has 2 aromatic heterocycles. The monoisotopic (exact) mass is 331 g/mol. The number of rotatable bonds is 4. The minimum Gasteiger partial charge on any atom is -0.388 e. The molecule has 1 fully saturated rings. The first-order valence-electron chi connectivity index (χ1n) is 8.96. The van der Waals surface area contributed by atoms with E-state index >= 15 is 0 Å². The van der Waals surface area contributed by atoms with Crippen molar-refractivity contribution in [3.8, 4) is 0 Å². The second kappa shape index (κ2) is 6.31. The van der Waals surface area contributed by atoms with E-state index in [2.05, 4.69) is 53.2 Å². The predicted molar refractivity (Wildman–Crippen MR) is 95.9 cm³/mol. The molecule has 1 aliphatic carbocycles. The molecule has 24 heavy (non-hydrogen) atoms. The zero-order chi connectivity index (χ0) is 17.4. The average molecular weight is 331 g/mol. The molecule has 0 radical (unpaired) electrons. The molecular weight excluding hydrogens is 302 g/mol. The molecule has 132 valence electrons. The summed E-state index contributed by atoms with van der Waals surface area (Å²) in [6.07, 6.45) is 6.19. The van der Waals surface area contributed by atoms with Crippen LogP contribution in [0.2, 0.25) is 0 Å². The number of H-pyrrole nitrogens is 1. The number of hydrogen-bond donors (Lipinski definition) is 3. The fourth-order valence-corrected chi connectivity index (χ4v) is 3.75. The molecule has 1 aliphatic rings. The van der Waals surface area contributed by atoms with Crippen molar-refractivity contribution < 1.29 is 5.11 Å². The van der Waals surface area contributed by atoms with Gasteiger partial charge in [0.25, 0.3) is 0 Å². The van der Waals surface area contributed by atoms with Gasteiger partial charge in [0.05, 0.1) is 11.0 Å². The lowest BCUT2D eigenvalue weighted by Crippen LogP contribution is -2.42. The molecule has 2 aromatic rings. The van der Waals surface area contributed by atoms with E-state index in [4.69, 9.17) is 0 Å². The first-order chi connectivity index (χ1) is 11.3. The van der Waals surface area contributed by atoms with Crippen LogP contribution in [0, 0.1) is 11.3 Å². The third-order valence-corrected chi connectivity index (χ3v) is 5.51. The van der Waals surface area contributed by atoms with E-state index in [1.54, 1.807) is 0 Å². The van der Waals surface area contributed by atoms with E-state index in [1.807, 2.05) is 0 Å². The van der Waals surface area contributed by atoms with Gasteiger partial charge in [-0.05, 0) is 43.4 Å². The number of hydrogen-bond acceptors (Lipinski definition) is 5. The molecule has 2 heterocycles. The van der Waals surface area contributed by atoms with Crippen LogP contribution in [-0.4, -0.2) is 37.4 Å². The fraction of sp³-hybridized carbons (Fsp3) is 0.722. The Morgan fingerprint density at radius 3 is 2.62 bits per heavy atom. The standard InChI is InChI=1S/C18H29N5O/c1-5-13-14-15(20-11-21-16(14)23-22-13)19-10-18(24)8-6-12(7-9-18)17(2,3)4/h11-12,24H,5-10H2,1-4H3,(H2,19,20,21,22,23). The Kier molecular flexibility index (Phi) is 4.51. The molecule has 3 N–H and O–H groups in total. The number of nitrogens with one attached hydrogen (secondary N) is 2. The maximum absolute atomic E-state index is 10.9. The highest BCUT2D eigenvalue weighted by atomic mass is 16.3. The van der Waals surface area contributed by atoms with Crippen molar-refractivity contribution in [1.82, 2.24) is 20.2 Å². The molecular formula is C18H29N5O. The summed E-state index contributed by atoms with van der Waals surface area (Å²) in [5, 5.41) is 22.5. The minimum absolute atomic E-state index is 0.320.